The van der Waals surface area contributed by atoms with Crippen LogP contribution in [0, 0.1) is 23.2 Å². The molecular formula is C20H36N2O. The molecule has 3 rings (SSSR count). The molecule has 2 aliphatic carbocycles. The van der Waals surface area contributed by atoms with Gasteiger partial charge in [-0.15, -0.1) is 0 Å². The van der Waals surface area contributed by atoms with E-state index in [1.165, 1.54) is 38.6 Å². The third kappa shape index (κ3) is 5.20. The van der Waals surface area contributed by atoms with Crippen molar-refractivity contribution in [2.75, 3.05) is 19.6 Å². The molecule has 3 aliphatic rings. The van der Waals surface area contributed by atoms with Crippen LogP contribution < -0.4 is 5.32 Å². The highest BCUT2D eigenvalue weighted by atomic mass is 16.2. The molecule has 23 heavy (non-hydrogen) atoms. The van der Waals surface area contributed by atoms with Gasteiger partial charge in [0, 0.05) is 25.6 Å². The first kappa shape index (κ1) is 17.3. The summed E-state index contributed by atoms with van der Waals surface area (Å²) in [6, 6.07) is 0.647. The highest BCUT2D eigenvalue weighted by Gasteiger charge is 2.34. The van der Waals surface area contributed by atoms with E-state index in [1.54, 1.807) is 0 Å². The van der Waals surface area contributed by atoms with Gasteiger partial charge in [0.05, 0.1) is 0 Å². The normalized spacial score (nSPS) is 32.0. The summed E-state index contributed by atoms with van der Waals surface area (Å²) >= 11 is 0. The van der Waals surface area contributed by atoms with Crippen molar-refractivity contribution < 1.29 is 4.79 Å². The van der Waals surface area contributed by atoms with E-state index < -0.39 is 0 Å². The molecule has 2 saturated carbocycles. The van der Waals surface area contributed by atoms with E-state index in [4.69, 9.17) is 0 Å². The number of likely N-dealkylation sites (tertiary alicyclic amines) is 1. The lowest BCUT2D eigenvalue weighted by molar-refractivity contribution is -0.134. The molecule has 1 N–H and O–H groups in total. The molecule has 0 aromatic rings. The molecular weight excluding hydrogens is 284 g/mol. The van der Waals surface area contributed by atoms with Crippen LogP contribution >= 0.6 is 0 Å². The molecule has 0 aromatic carbocycles. The Labute approximate surface area is 142 Å². The molecule has 1 aliphatic heterocycles. The van der Waals surface area contributed by atoms with Crippen molar-refractivity contribution >= 4 is 5.91 Å². The molecule has 1 amide bonds. The summed E-state index contributed by atoms with van der Waals surface area (Å²) in [5.74, 6) is 2.74. The largest absolute Gasteiger partial charge is 0.343 e. The fraction of sp³-hybridized carbons (Fsp3) is 0.950. The van der Waals surface area contributed by atoms with Crippen LogP contribution in [0.3, 0.4) is 0 Å². The summed E-state index contributed by atoms with van der Waals surface area (Å²) < 4.78 is 0. The maximum atomic E-state index is 12.7. The molecule has 1 heterocycles. The Kier molecular flexibility index (Phi) is 5.35. The predicted molar refractivity (Wildman–Crippen MR) is 95.2 cm³/mol. The van der Waals surface area contributed by atoms with Gasteiger partial charge in [-0.05, 0) is 74.7 Å². The van der Waals surface area contributed by atoms with Gasteiger partial charge < -0.3 is 10.2 Å². The van der Waals surface area contributed by atoms with Gasteiger partial charge in [0.1, 0.15) is 0 Å². The van der Waals surface area contributed by atoms with Crippen LogP contribution in [-0.4, -0.2) is 36.5 Å². The average molecular weight is 321 g/mol. The van der Waals surface area contributed by atoms with Crippen molar-refractivity contribution in [3.8, 4) is 0 Å². The van der Waals surface area contributed by atoms with E-state index in [2.05, 4.69) is 31.0 Å². The van der Waals surface area contributed by atoms with E-state index in [0.717, 1.165) is 44.2 Å². The molecule has 0 spiro atoms. The minimum atomic E-state index is 0.417. The number of carbonyl (C=O) groups is 1. The van der Waals surface area contributed by atoms with Crippen LogP contribution in [0.1, 0.15) is 72.1 Å². The smallest absolute Gasteiger partial charge is 0.222 e. The molecule has 3 nitrogen and oxygen atoms in total. The van der Waals surface area contributed by atoms with Gasteiger partial charge in [0.15, 0.2) is 0 Å². The summed E-state index contributed by atoms with van der Waals surface area (Å²) in [7, 11) is 0. The SMILES string of the molecule is CC1CC(CC(=O)N2CCC(NCC3CC3)CC2)CC(C)(C)C1. The second-order valence-electron chi connectivity index (χ2n) is 9.49. The third-order valence-electron chi connectivity index (χ3n) is 6.18. The number of carbonyl (C=O) groups excluding carboxylic acids is 1. The number of rotatable bonds is 5. The van der Waals surface area contributed by atoms with Gasteiger partial charge in [-0.3, -0.25) is 4.79 Å². The zero-order chi connectivity index (χ0) is 16.4. The summed E-state index contributed by atoms with van der Waals surface area (Å²) in [4.78, 5) is 14.8. The molecule has 0 radical (unpaired) electrons. The van der Waals surface area contributed by atoms with Crippen LogP contribution in [0.5, 0.6) is 0 Å². The molecule has 132 valence electrons. The first-order valence-electron chi connectivity index (χ1n) is 9.92. The maximum Gasteiger partial charge on any atom is 0.222 e. The quantitative estimate of drug-likeness (QED) is 0.835. The fourth-order valence-corrected chi connectivity index (χ4v) is 5.06. The van der Waals surface area contributed by atoms with Crippen LogP contribution in [0.15, 0.2) is 0 Å². The van der Waals surface area contributed by atoms with Crippen molar-refractivity contribution in [1.82, 2.24) is 10.2 Å². The van der Waals surface area contributed by atoms with Crippen molar-refractivity contribution in [2.24, 2.45) is 23.2 Å². The monoisotopic (exact) mass is 320 g/mol. The van der Waals surface area contributed by atoms with Gasteiger partial charge in [0.25, 0.3) is 0 Å². The van der Waals surface area contributed by atoms with Crippen molar-refractivity contribution in [1.29, 1.82) is 0 Å². The van der Waals surface area contributed by atoms with Crippen LogP contribution in [0.25, 0.3) is 0 Å². The van der Waals surface area contributed by atoms with Crippen molar-refractivity contribution in [3.63, 3.8) is 0 Å². The third-order valence-corrected chi connectivity index (χ3v) is 6.18. The van der Waals surface area contributed by atoms with E-state index >= 15 is 0 Å². The lowest BCUT2D eigenvalue weighted by Crippen LogP contribution is -2.46. The Balaban J connectivity index is 1.40. The standard InChI is InChI=1S/C20H36N2O/c1-15-10-17(13-20(2,3)12-15)11-19(23)22-8-6-18(7-9-22)21-14-16-4-5-16/h15-18,21H,4-14H2,1-3H3. The Morgan fingerprint density at radius 2 is 1.78 bits per heavy atom. The van der Waals surface area contributed by atoms with Crippen molar-refractivity contribution in [3.05, 3.63) is 0 Å². The van der Waals surface area contributed by atoms with E-state index in [9.17, 15) is 4.79 Å². The second-order valence-corrected chi connectivity index (χ2v) is 9.49. The molecule has 3 heteroatoms. The minimum Gasteiger partial charge on any atom is -0.343 e. The minimum absolute atomic E-state index is 0.417. The average Bonchev–Trinajstić information content (AvgIpc) is 3.27. The van der Waals surface area contributed by atoms with Gasteiger partial charge in [0.2, 0.25) is 5.91 Å². The van der Waals surface area contributed by atoms with E-state index in [1.807, 2.05) is 0 Å². The summed E-state index contributed by atoms with van der Waals surface area (Å²) in [6.07, 6.45) is 9.69. The topological polar surface area (TPSA) is 32.3 Å². The Morgan fingerprint density at radius 1 is 1.09 bits per heavy atom. The first-order valence-corrected chi connectivity index (χ1v) is 9.92. The molecule has 3 fully saturated rings. The Hall–Kier alpha value is -0.570. The number of nitrogens with one attached hydrogen (secondary N) is 1. The first-order chi connectivity index (χ1) is 10.9. The zero-order valence-corrected chi connectivity index (χ0v) is 15.4. The van der Waals surface area contributed by atoms with Crippen LogP contribution in [0.2, 0.25) is 0 Å². The Morgan fingerprint density at radius 3 is 2.39 bits per heavy atom. The van der Waals surface area contributed by atoms with Gasteiger partial charge >= 0.3 is 0 Å². The van der Waals surface area contributed by atoms with Crippen LogP contribution in [0.4, 0.5) is 0 Å². The number of amides is 1. The highest BCUT2D eigenvalue weighted by Crippen LogP contribution is 2.43. The van der Waals surface area contributed by atoms with E-state index in [0.29, 0.717) is 23.3 Å². The van der Waals surface area contributed by atoms with Gasteiger partial charge in [-0.1, -0.05) is 20.8 Å². The molecule has 2 atom stereocenters. The van der Waals surface area contributed by atoms with Gasteiger partial charge in [-0.2, -0.15) is 0 Å². The number of hydrogen-bond donors (Lipinski definition) is 1. The predicted octanol–water partition coefficient (Wildman–Crippen LogP) is 3.83. The summed E-state index contributed by atoms with van der Waals surface area (Å²) in [6.45, 7) is 10.2. The lowest BCUT2D eigenvalue weighted by Gasteiger charge is -2.40. The highest BCUT2D eigenvalue weighted by molar-refractivity contribution is 5.76. The maximum absolute atomic E-state index is 12.7. The number of piperidine rings is 1. The fourth-order valence-electron chi connectivity index (χ4n) is 5.06. The van der Waals surface area contributed by atoms with Crippen molar-refractivity contribution in [2.45, 2.75) is 78.2 Å². The molecule has 0 aromatic heterocycles. The number of hydrogen-bond acceptors (Lipinski definition) is 2. The zero-order valence-electron chi connectivity index (χ0n) is 15.4. The molecule has 1 saturated heterocycles. The van der Waals surface area contributed by atoms with Gasteiger partial charge in [-0.25, -0.2) is 0 Å². The molecule has 0 bridgehead atoms. The summed E-state index contributed by atoms with van der Waals surface area (Å²) in [5.41, 5.74) is 0.419. The molecule has 2 unspecified atom stereocenters. The lowest BCUT2D eigenvalue weighted by atomic mass is 9.67. The number of nitrogens with zero attached hydrogens (tertiary/aromatic N) is 1. The Bertz CT molecular complexity index is 408. The van der Waals surface area contributed by atoms with Crippen LogP contribution in [-0.2, 0) is 4.79 Å². The van der Waals surface area contributed by atoms with E-state index in [-0.39, 0.29) is 0 Å². The second kappa shape index (κ2) is 7.13. The summed E-state index contributed by atoms with van der Waals surface area (Å²) in [5, 5.41) is 3.70.